The molecule has 0 unspecified atom stereocenters. The Kier molecular flexibility index (Phi) is 4.96. The molecule has 4 aromatic rings. The largest absolute Gasteiger partial charge is 0.309 e. The van der Waals surface area contributed by atoms with E-state index in [1.54, 1.807) is 0 Å². The summed E-state index contributed by atoms with van der Waals surface area (Å²) in [5.74, 6) is 0. The van der Waals surface area contributed by atoms with Gasteiger partial charge in [0.1, 0.15) is 0 Å². The highest BCUT2D eigenvalue weighted by atomic mass is 32.2. The molecule has 1 aromatic heterocycles. The van der Waals surface area contributed by atoms with Crippen molar-refractivity contribution >= 4 is 50.0 Å². The summed E-state index contributed by atoms with van der Waals surface area (Å²) in [6.07, 6.45) is 15.3. The van der Waals surface area contributed by atoms with Crippen molar-refractivity contribution in [1.29, 1.82) is 0 Å². The van der Waals surface area contributed by atoms with Crippen LogP contribution in [0.1, 0.15) is 19.8 Å². The number of para-hydroxylation sites is 1. The van der Waals surface area contributed by atoms with E-state index in [1.807, 2.05) is 17.8 Å². The van der Waals surface area contributed by atoms with Gasteiger partial charge in [0.05, 0.1) is 11.0 Å². The minimum atomic E-state index is 0.979. The molecular weight excluding hydrogens is 418 g/mol. The van der Waals surface area contributed by atoms with Crippen molar-refractivity contribution in [3.8, 4) is 0 Å². The van der Waals surface area contributed by atoms with Crippen molar-refractivity contribution in [2.75, 3.05) is 0 Å². The van der Waals surface area contributed by atoms with Gasteiger partial charge in [-0.3, -0.25) is 0 Å². The van der Waals surface area contributed by atoms with Gasteiger partial charge in [-0.25, -0.2) is 0 Å². The van der Waals surface area contributed by atoms with E-state index < -0.39 is 0 Å². The third-order valence-electron chi connectivity index (χ3n) is 6.52. The van der Waals surface area contributed by atoms with Gasteiger partial charge in [0.2, 0.25) is 0 Å². The van der Waals surface area contributed by atoms with Crippen molar-refractivity contribution in [2.45, 2.75) is 19.8 Å². The Morgan fingerprint density at radius 3 is 2.64 bits per heavy atom. The number of thioether (sulfide) groups is 1. The van der Waals surface area contributed by atoms with Gasteiger partial charge in [-0.1, -0.05) is 103 Å². The van der Waals surface area contributed by atoms with Crippen LogP contribution in [0.15, 0.2) is 125 Å². The molecule has 0 bridgehead atoms. The van der Waals surface area contributed by atoms with Crippen molar-refractivity contribution in [3.63, 3.8) is 0 Å². The van der Waals surface area contributed by atoms with Crippen molar-refractivity contribution in [3.05, 3.63) is 125 Å². The molecule has 0 saturated carbocycles. The highest BCUT2D eigenvalue weighted by molar-refractivity contribution is 8.07. The number of nitrogens with zero attached hydrogens (tertiary/aromatic N) is 1. The molecule has 1 aliphatic carbocycles. The van der Waals surface area contributed by atoms with E-state index in [9.17, 15) is 0 Å². The SMILES string of the molecule is C=C/C=C(\C=C1/CC2=CC=C(C)CC=C2S1)n1c2ccccc2c2ccc3ccccc3c21. The molecule has 160 valence electrons. The standard InChI is InChI=1S/C31H25NS/c1-3-8-24(20-25-19-23-15-13-21(2)14-18-30(23)33-25)32-29-12-7-6-11-27(29)28-17-16-22-9-4-5-10-26(22)31(28)32/h3-13,15-18,20H,1,14,19H2,2H3/b24-8+,25-20+. The van der Waals surface area contributed by atoms with Gasteiger partial charge in [0.15, 0.2) is 0 Å². The maximum atomic E-state index is 4.04. The Labute approximate surface area is 198 Å². The Bertz CT molecular complexity index is 1600. The second kappa shape index (κ2) is 8.13. The van der Waals surface area contributed by atoms with Gasteiger partial charge in [-0.05, 0) is 47.4 Å². The highest BCUT2D eigenvalue weighted by Gasteiger charge is 2.21. The van der Waals surface area contributed by atoms with Crippen LogP contribution in [-0.4, -0.2) is 4.57 Å². The Balaban J connectivity index is 1.59. The molecule has 1 fully saturated rings. The molecule has 0 radical (unpaired) electrons. The number of hydrogen-bond acceptors (Lipinski definition) is 1. The summed E-state index contributed by atoms with van der Waals surface area (Å²) >= 11 is 1.91. The number of allylic oxidation sites excluding steroid dienone is 10. The summed E-state index contributed by atoms with van der Waals surface area (Å²) < 4.78 is 2.42. The average molecular weight is 444 g/mol. The van der Waals surface area contributed by atoms with E-state index in [-0.39, 0.29) is 0 Å². The van der Waals surface area contributed by atoms with Gasteiger partial charge in [0, 0.05) is 33.2 Å². The predicted molar refractivity (Wildman–Crippen MR) is 146 cm³/mol. The van der Waals surface area contributed by atoms with Crippen LogP contribution in [0.3, 0.4) is 0 Å². The van der Waals surface area contributed by atoms with E-state index in [0.717, 1.165) is 18.5 Å². The summed E-state index contributed by atoms with van der Waals surface area (Å²) in [4.78, 5) is 2.78. The first-order valence-electron chi connectivity index (χ1n) is 11.4. The second-order valence-corrected chi connectivity index (χ2v) is 9.90. The predicted octanol–water partition coefficient (Wildman–Crippen LogP) is 9.16. The van der Waals surface area contributed by atoms with Gasteiger partial charge in [-0.15, -0.1) is 0 Å². The zero-order valence-electron chi connectivity index (χ0n) is 18.7. The molecule has 1 aliphatic heterocycles. The minimum Gasteiger partial charge on any atom is -0.309 e. The molecule has 3 aromatic carbocycles. The Morgan fingerprint density at radius 2 is 1.76 bits per heavy atom. The molecule has 0 amide bonds. The van der Waals surface area contributed by atoms with E-state index in [2.05, 4.69) is 109 Å². The topological polar surface area (TPSA) is 4.93 Å². The first-order chi connectivity index (χ1) is 16.2. The zero-order chi connectivity index (χ0) is 22.4. The van der Waals surface area contributed by atoms with Crippen LogP contribution in [0.25, 0.3) is 38.3 Å². The maximum Gasteiger partial charge on any atom is 0.0619 e. The molecule has 0 N–H and O–H groups in total. The fourth-order valence-electron chi connectivity index (χ4n) is 4.95. The number of fused-ring (bicyclic) bond motifs is 6. The molecule has 0 atom stereocenters. The van der Waals surface area contributed by atoms with Crippen molar-refractivity contribution in [1.82, 2.24) is 4.57 Å². The van der Waals surface area contributed by atoms with Gasteiger partial charge >= 0.3 is 0 Å². The third-order valence-corrected chi connectivity index (χ3v) is 7.69. The lowest BCUT2D eigenvalue weighted by Crippen LogP contribution is -1.96. The Hall–Kier alpha value is -3.49. The summed E-state index contributed by atoms with van der Waals surface area (Å²) in [7, 11) is 0. The summed E-state index contributed by atoms with van der Waals surface area (Å²) in [5, 5.41) is 5.10. The molecule has 0 spiro atoms. The maximum absolute atomic E-state index is 4.04. The third kappa shape index (κ3) is 3.42. The average Bonchev–Trinajstić information content (AvgIpc) is 3.34. The lowest BCUT2D eigenvalue weighted by atomic mass is 10.1. The Morgan fingerprint density at radius 1 is 0.939 bits per heavy atom. The molecule has 1 saturated heterocycles. The van der Waals surface area contributed by atoms with Gasteiger partial charge in [0.25, 0.3) is 0 Å². The lowest BCUT2D eigenvalue weighted by Gasteiger charge is -2.11. The van der Waals surface area contributed by atoms with Crippen LogP contribution in [0, 0.1) is 0 Å². The highest BCUT2D eigenvalue weighted by Crippen LogP contribution is 2.47. The van der Waals surface area contributed by atoms with E-state index >= 15 is 0 Å². The van der Waals surface area contributed by atoms with Crippen LogP contribution in [0.2, 0.25) is 0 Å². The first-order valence-corrected chi connectivity index (χ1v) is 12.2. The molecule has 2 aliphatic rings. The van der Waals surface area contributed by atoms with Crippen LogP contribution >= 0.6 is 11.8 Å². The number of aromatic nitrogens is 1. The summed E-state index contributed by atoms with van der Waals surface area (Å²) in [6, 6.07) is 21.9. The van der Waals surface area contributed by atoms with Crippen LogP contribution < -0.4 is 0 Å². The first kappa shape index (κ1) is 20.1. The second-order valence-electron chi connectivity index (χ2n) is 8.73. The number of benzene rings is 3. The van der Waals surface area contributed by atoms with Gasteiger partial charge < -0.3 is 4.57 Å². The smallest absolute Gasteiger partial charge is 0.0619 e. The minimum absolute atomic E-state index is 0.979. The molecule has 33 heavy (non-hydrogen) atoms. The van der Waals surface area contributed by atoms with E-state index in [0.29, 0.717) is 0 Å². The molecule has 2 heterocycles. The summed E-state index contributed by atoms with van der Waals surface area (Å²) in [6.45, 7) is 6.25. The molecule has 2 heteroatoms. The number of rotatable bonds is 3. The van der Waals surface area contributed by atoms with Crippen LogP contribution in [0.4, 0.5) is 0 Å². The molecule has 6 rings (SSSR count). The zero-order valence-corrected chi connectivity index (χ0v) is 19.5. The fourth-order valence-corrected chi connectivity index (χ4v) is 6.08. The van der Waals surface area contributed by atoms with Crippen molar-refractivity contribution in [2.24, 2.45) is 0 Å². The van der Waals surface area contributed by atoms with Crippen LogP contribution in [-0.2, 0) is 0 Å². The van der Waals surface area contributed by atoms with Gasteiger partial charge in [-0.2, -0.15) is 0 Å². The normalized spacial score (nSPS) is 17.8. The van der Waals surface area contributed by atoms with E-state index in [1.165, 1.54) is 53.5 Å². The van der Waals surface area contributed by atoms with Crippen LogP contribution in [0.5, 0.6) is 0 Å². The van der Waals surface area contributed by atoms with Crippen molar-refractivity contribution < 1.29 is 0 Å². The van der Waals surface area contributed by atoms with E-state index in [4.69, 9.17) is 0 Å². The molecule has 1 nitrogen and oxygen atoms in total. The summed E-state index contributed by atoms with van der Waals surface area (Å²) in [5.41, 5.74) is 6.48. The monoisotopic (exact) mass is 443 g/mol. The number of hydrogen-bond donors (Lipinski definition) is 0. The molecular formula is C31H25NS. The fraction of sp³-hybridized carbons (Fsp3) is 0.0968. The quantitative estimate of drug-likeness (QED) is 0.286. The lowest BCUT2D eigenvalue weighted by molar-refractivity contribution is 1.21.